The first-order valence-electron chi connectivity index (χ1n) is 13.2. The van der Waals surface area contributed by atoms with Crippen molar-refractivity contribution in [2.45, 2.75) is 44.2 Å². The quantitative estimate of drug-likeness (QED) is 0.227. The van der Waals surface area contributed by atoms with Crippen LogP contribution in [0.1, 0.15) is 40.7 Å². The predicted octanol–water partition coefficient (Wildman–Crippen LogP) is 4.13. The Hall–Kier alpha value is -4.43. The lowest BCUT2D eigenvalue weighted by molar-refractivity contribution is -0.118. The number of amides is 1. The van der Waals surface area contributed by atoms with E-state index in [9.17, 15) is 4.79 Å². The van der Waals surface area contributed by atoms with E-state index in [0.29, 0.717) is 13.0 Å². The molecule has 0 aliphatic carbocycles. The summed E-state index contributed by atoms with van der Waals surface area (Å²) in [5.74, 6) is 1.73. The average molecular weight is 523 g/mol. The smallest absolute Gasteiger partial charge is 0.219 e. The molecule has 3 aromatic carbocycles. The summed E-state index contributed by atoms with van der Waals surface area (Å²) in [6.45, 7) is 0.574. The van der Waals surface area contributed by atoms with Crippen LogP contribution in [0.2, 0.25) is 0 Å². The SMILES string of the molecule is COc1ccc(Cn2c(CCc3ccccc3)nnc2C(Cc2c[nH]c3ccccc23)C(N)CC(N)=O)cc1. The number of hydrogen-bond acceptors (Lipinski definition) is 5. The number of nitrogens with one attached hydrogen (secondary N) is 1. The molecule has 0 aliphatic rings. The molecule has 2 atom stereocenters. The van der Waals surface area contributed by atoms with Crippen LogP contribution in [0.3, 0.4) is 0 Å². The summed E-state index contributed by atoms with van der Waals surface area (Å²) in [7, 11) is 1.66. The Morgan fingerprint density at radius 1 is 0.949 bits per heavy atom. The Labute approximate surface area is 228 Å². The van der Waals surface area contributed by atoms with E-state index < -0.39 is 11.9 Å². The van der Waals surface area contributed by atoms with Gasteiger partial charge in [-0.3, -0.25) is 4.79 Å². The van der Waals surface area contributed by atoms with Gasteiger partial charge in [0.25, 0.3) is 0 Å². The summed E-state index contributed by atoms with van der Waals surface area (Å²) in [6.07, 6.45) is 4.22. The third-order valence-electron chi connectivity index (χ3n) is 7.24. The van der Waals surface area contributed by atoms with Gasteiger partial charge in [-0.15, -0.1) is 10.2 Å². The van der Waals surface area contributed by atoms with E-state index in [1.807, 2.05) is 66.9 Å². The molecule has 8 heteroatoms. The molecule has 0 aliphatic heterocycles. The number of carbonyl (C=O) groups is 1. The number of aromatic nitrogens is 4. The van der Waals surface area contributed by atoms with Crippen molar-refractivity contribution in [3.8, 4) is 5.75 Å². The molecule has 5 N–H and O–H groups in total. The number of methoxy groups -OCH3 is 1. The zero-order valence-electron chi connectivity index (χ0n) is 22.1. The zero-order chi connectivity index (χ0) is 27.2. The summed E-state index contributed by atoms with van der Waals surface area (Å²) >= 11 is 0. The van der Waals surface area contributed by atoms with Crippen LogP contribution in [0.5, 0.6) is 5.75 Å². The highest BCUT2D eigenvalue weighted by molar-refractivity contribution is 5.83. The molecule has 1 amide bonds. The van der Waals surface area contributed by atoms with Crippen LogP contribution in [-0.4, -0.2) is 38.8 Å². The van der Waals surface area contributed by atoms with Gasteiger partial charge < -0.3 is 25.8 Å². The highest BCUT2D eigenvalue weighted by Crippen LogP contribution is 2.29. The summed E-state index contributed by atoms with van der Waals surface area (Å²) in [5, 5.41) is 10.5. The molecular formula is C31H34N6O2. The second-order valence-corrected chi connectivity index (χ2v) is 9.90. The van der Waals surface area contributed by atoms with Crippen molar-refractivity contribution >= 4 is 16.8 Å². The van der Waals surface area contributed by atoms with Crippen LogP contribution in [0.4, 0.5) is 0 Å². The average Bonchev–Trinajstić information content (AvgIpc) is 3.55. The number of aryl methyl sites for hydroxylation is 2. The molecule has 2 heterocycles. The van der Waals surface area contributed by atoms with Gasteiger partial charge in [0, 0.05) is 41.9 Å². The van der Waals surface area contributed by atoms with E-state index in [1.165, 1.54) is 5.56 Å². The van der Waals surface area contributed by atoms with Gasteiger partial charge in [0.05, 0.1) is 13.7 Å². The fourth-order valence-electron chi connectivity index (χ4n) is 5.14. The first-order valence-corrected chi connectivity index (χ1v) is 13.2. The van der Waals surface area contributed by atoms with Crippen LogP contribution < -0.4 is 16.2 Å². The number of primary amides is 1. The second-order valence-electron chi connectivity index (χ2n) is 9.90. The molecule has 0 saturated carbocycles. The highest BCUT2D eigenvalue weighted by atomic mass is 16.5. The lowest BCUT2D eigenvalue weighted by Crippen LogP contribution is -2.36. The minimum atomic E-state index is -0.517. The predicted molar refractivity (Wildman–Crippen MR) is 152 cm³/mol. The van der Waals surface area contributed by atoms with Crippen molar-refractivity contribution in [2.75, 3.05) is 7.11 Å². The van der Waals surface area contributed by atoms with Crippen LogP contribution >= 0.6 is 0 Å². The van der Waals surface area contributed by atoms with Crippen molar-refractivity contribution < 1.29 is 9.53 Å². The lowest BCUT2D eigenvalue weighted by Gasteiger charge is -2.24. The van der Waals surface area contributed by atoms with E-state index in [0.717, 1.165) is 52.3 Å². The number of fused-ring (bicyclic) bond motifs is 1. The van der Waals surface area contributed by atoms with E-state index >= 15 is 0 Å². The fraction of sp³-hybridized carbons (Fsp3) is 0.258. The minimum absolute atomic E-state index is 0.0573. The maximum Gasteiger partial charge on any atom is 0.219 e. The summed E-state index contributed by atoms with van der Waals surface area (Å²) in [4.78, 5) is 15.3. The molecule has 5 aromatic rings. The Bertz CT molecular complexity index is 1520. The van der Waals surface area contributed by atoms with Gasteiger partial charge >= 0.3 is 0 Å². The highest BCUT2D eigenvalue weighted by Gasteiger charge is 2.29. The van der Waals surface area contributed by atoms with Gasteiger partial charge in [-0.05, 0) is 47.7 Å². The van der Waals surface area contributed by atoms with Gasteiger partial charge in [0.15, 0.2) is 0 Å². The molecule has 0 spiro atoms. The first kappa shape index (κ1) is 26.2. The van der Waals surface area contributed by atoms with Crippen LogP contribution in [-0.2, 0) is 30.6 Å². The van der Waals surface area contributed by atoms with Gasteiger partial charge in [-0.2, -0.15) is 0 Å². The van der Waals surface area contributed by atoms with Gasteiger partial charge in [0.2, 0.25) is 5.91 Å². The number of carbonyl (C=O) groups excluding carboxylic acids is 1. The lowest BCUT2D eigenvalue weighted by atomic mass is 9.89. The molecule has 2 aromatic heterocycles. The number of H-pyrrole nitrogens is 1. The fourth-order valence-corrected chi connectivity index (χ4v) is 5.14. The van der Waals surface area contributed by atoms with E-state index in [1.54, 1.807) is 7.11 Å². The molecular weight excluding hydrogens is 488 g/mol. The first-order chi connectivity index (χ1) is 19.0. The van der Waals surface area contributed by atoms with Crippen molar-refractivity contribution in [3.63, 3.8) is 0 Å². The molecule has 200 valence electrons. The number of hydrogen-bond donors (Lipinski definition) is 3. The molecule has 2 unspecified atom stereocenters. The monoisotopic (exact) mass is 522 g/mol. The second kappa shape index (κ2) is 12.0. The maximum atomic E-state index is 11.9. The third kappa shape index (κ3) is 6.18. The van der Waals surface area contributed by atoms with Crippen molar-refractivity contribution in [2.24, 2.45) is 11.5 Å². The maximum absolute atomic E-state index is 11.9. The molecule has 0 saturated heterocycles. The number of aromatic amines is 1. The Balaban J connectivity index is 1.53. The minimum Gasteiger partial charge on any atom is -0.497 e. The molecule has 0 radical (unpaired) electrons. The van der Waals surface area contributed by atoms with Crippen molar-refractivity contribution in [1.29, 1.82) is 0 Å². The Morgan fingerprint density at radius 2 is 1.69 bits per heavy atom. The summed E-state index contributed by atoms with van der Waals surface area (Å²) in [5.41, 5.74) is 16.8. The van der Waals surface area contributed by atoms with Crippen LogP contribution in [0.25, 0.3) is 10.9 Å². The molecule has 0 bridgehead atoms. The van der Waals surface area contributed by atoms with Gasteiger partial charge in [0.1, 0.15) is 17.4 Å². The molecule has 5 rings (SSSR count). The third-order valence-corrected chi connectivity index (χ3v) is 7.24. The Kier molecular flexibility index (Phi) is 8.03. The molecule has 8 nitrogen and oxygen atoms in total. The number of nitrogens with zero attached hydrogens (tertiary/aromatic N) is 3. The largest absolute Gasteiger partial charge is 0.497 e. The zero-order valence-corrected chi connectivity index (χ0v) is 22.1. The standard InChI is InChI=1S/C31H34N6O2/c1-39-24-14-11-22(12-15-24)20-37-30(16-13-21-7-3-2-4-8-21)35-36-31(37)26(27(32)18-29(33)38)17-23-19-34-28-10-6-5-9-25(23)28/h2-12,14-15,19,26-27,34H,13,16-18,20,32H2,1H3,(H2,33,38). The number of rotatable bonds is 12. The van der Waals surface area contributed by atoms with E-state index in [2.05, 4.69) is 32.8 Å². The summed E-state index contributed by atoms with van der Waals surface area (Å²) in [6, 6.07) is 26.0. The number of para-hydroxylation sites is 1. The topological polar surface area (TPSA) is 125 Å². The van der Waals surface area contributed by atoms with Gasteiger partial charge in [-0.1, -0.05) is 60.7 Å². The van der Waals surface area contributed by atoms with E-state index in [4.69, 9.17) is 21.3 Å². The van der Waals surface area contributed by atoms with Crippen LogP contribution in [0.15, 0.2) is 85.1 Å². The summed E-state index contributed by atoms with van der Waals surface area (Å²) < 4.78 is 7.50. The molecule has 39 heavy (non-hydrogen) atoms. The van der Waals surface area contributed by atoms with Gasteiger partial charge in [-0.25, -0.2) is 0 Å². The Morgan fingerprint density at radius 3 is 2.44 bits per heavy atom. The van der Waals surface area contributed by atoms with Crippen LogP contribution in [0, 0.1) is 0 Å². The normalized spacial score (nSPS) is 12.9. The number of benzene rings is 3. The molecule has 0 fully saturated rings. The van der Waals surface area contributed by atoms with Crippen molar-refractivity contribution in [3.05, 3.63) is 113 Å². The van der Waals surface area contributed by atoms with E-state index in [-0.39, 0.29) is 12.3 Å². The number of nitrogens with two attached hydrogens (primary N) is 2. The number of ether oxygens (including phenoxy) is 1. The van der Waals surface area contributed by atoms with Crippen molar-refractivity contribution in [1.82, 2.24) is 19.7 Å².